The van der Waals surface area contributed by atoms with Gasteiger partial charge >= 0.3 is 5.97 Å². The lowest BCUT2D eigenvalue weighted by molar-refractivity contribution is 0.0690. The molecule has 0 unspecified atom stereocenters. The van der Waals surface area contributed by atoms with Gasteiger partial charge in [0.15, 0.2) is 45.6 Å². The minimum absolute atomic E-state index is 0. The van der Waals surface area contributed by atoms with E-state index in [2.05, 4.69) is 50.5 Å². The summed E-state index contributed by atoms with van der Waals surface area (Å²) in [5, 5.41) is 14.0. The van der Waals surface area contributed by atoms with Crippen LogP contribution in [0.4, 0.5) is 35.0 Å². The van der Waals surface area contributed by atoms with Gasteiger partial charge in [0, 0.05) is 73.5 Å². The summed E-state index contributed by atoms with van der Waals surface area (Å²) in [7, 11) is 0. The normalized spacial score (nSPS) is 12.8. The maximum Gasteiger partial charge on any atom is 0.357 e. The molecule has 2 saturated heterocycles. The minimum atomic E-state index is -1.17. The van der Waals surface area contributed by atoms with Gasteiger partial charge in [-0.25, -0.2) is 62.2 Å². The third-order valence-electron chi connectivity index (χ3n) is 8.46. The van der Waals surface area contributed by atoms with Crippen LogP contribution in [0.2, 0.25) is 5.15 Å². The fraction of sp³-hybridized carbons (Fsp3) is 0.250. The standard InChI is InChI=1S/C20H18F2N6O2.C9H9F2NO.C6H9N3.C5H3ClN2O2.B/c1-2-12-7-17(26-11-25-12)27-20(29)18-19(24-6-5-23-18)28-9-14(10-28)30-13-3-4-15(21)16(22)8-13;10-8-2-1-6(3-9(8)11)13-7-4-12-5-7;1-2-5-3-6(7)9-4-8-5;6-4-3(5(9)10)7-1-2-8-4;/h3-8,11,14H,2,9-10H2,1H3,(H,25,26,27,29);1-3,7,12H,4-5H2;3-4H,2H2,1H3,(H2,7,8,9);1-2H,(H,9,10);/q;;;;-1. The number of aromatic nitrogens is 8. The van der Waals surface area contributed by atoms with Crippen molar-refractivity contribution in [2.24, 2.45) is 0 Å². The number of aromatic carboxylic acids is 1. The molecular formula is C40H39BClF4N12O5-. The molecule has 2 aliphatic rings. The van der Waals surface area contributed by atoms with Crippen LogP contribution >= 0.6 is 11.6 Å². The molecule has 328 valence electrons. The van der Waals surface area contributed by atoms with Crippen molar-refractivity contribution < 1.29 is 41.7 Å². The number of nitrogens with zero attached hydrogens (tertiary/aromatic N) is 9. The predicted octanol–water partition coefficient (Wildman–Crippen LogP) is 5.01. The van der Waals surface area contributed by atoms with Gasteiger partial charge in [0.05, 0.1) is 13.1 Å². The average molecular weight is 890 g/mol. The summed E-state index contributed by atoms with van der Waals surface area (Å²) >= 11 is 5.36. The van der Waals surface area contributed by atoms with Crippen LogP contribution in [0.1, 0.15) is 46.2 Å². The number of halogens is 5. The van der Waals surface area contributed by atoms with E-state index in [0.717, 1.165) is 61.6 Å². The van der Waals surface area contributed by atoms with E-state index in [1.165, 1.54) is 49.6 Å². The van der Waals surface area contributed by atoms with Gasteiger partial charge in [-0.3, -0.25) is 4.79 Å². The molecule has 0 spiro atoms. The molecule has 17 nitrogen and oxygen atoms in total. The Hall–Kier alpha value is -7.07. The number of carbonyl (C=O) groups is 2. The number of benzene rings is 2. The quantitative estimate of drug-likeness (QED) is 0.105. The number of carbonyl (C=O) groups excluding carboxylic acids is 1. The lowest BCUT2D eigenvalue weighted by Crippen LogP contribution is -2.54. The van der Waals surface area contributed by atoms with Gasteiger partial charge < -0.3 is 44.3 Å². The Morgan fingerprint density at radius 3 is 1.78 bits per heavy atom. The van der Waals surface area contributed by atoms with Crippen LogP contribution in [-0.2, 0) is 12.8 Å². The van der Waals surface area contributed by atoms with E-state index in [-0.39, 0.29) is 42.9 Å². The van der Waals surface area contributed by atoms with Crippen molar-refractivity contribution in [3.05, 3.63) is 137 Å². The number of hydrogen-bond acceptors (Lipinski definition) is 15. The van der Waals surface area contributed by atoms with E-state index < -0.39 is 35.1 Å². The highest BCUT2D eigenvalue weighted by atomic mass is 35.5. The molecule has 23 heteroatoms. The van der Waals surface area contributed by atoms with Crippen LogP contribution in [-0.4, -0.2) is 104 Å². The molecule has 5 N–H and O–H groups in total. The maximum absolute atomic E-state index is 13.3. The number of nitrogens with one attached hydrogen (secondary N) is 2. The molecule has 0 atom stereocenters. The van der Waals surface area contributed by atoms with E-state index >= 15 is 0 Å². The molecule has 8 rings (SSSR count). The van der Waals surface area contributed by atoms with E-state index in [9.17, 15) is 27.2 Å². The summed E-state index contributed by atoms with van der Waals surface area (Å²) in [6.07, 6.45) is 9.87. The van der Waals surface area contributed by atoms with E-state index in [0.29, 0.717) is 36.3 Å². The summed E-state index contributed by atoms with van der Waals surface area (Å²) < 4.78 is 62.5. The van der Waals surface area contributed by atoms with Crippen LogP contribution in [0.5, 0.6) is 11.5 Å². The number of nitrogen functional groups attached to an aromatic ring is 1. The molecule has 63 heavy (non-hydrogen) atoms. The summed E-state index contributed by atoms with van der Waals surface area (Å²) in [6, 6.07) is 10.4. The van der Waals surface area contributed by atoms with Crippen molar-refractivity contribution >= 4 is 49.3 Å². The van der Waals surface area contributed by atoms with Crippen molar-refractivity contribution in [3.8, 4) is 11.5 Å². The Labute approximate surface area is 365 Å². The van der Waals surface area contributed by atoms with Gasteiger partial charge in [-0.05, 0) is 37.1 Å². The van der Waals surface area contributed by atoms with Crippen LogP contribution < -0.4 is 30.7 Å². The first-order valence-corrected chi connectivity index (χ1v) is 19.1. The minimum Gasteiger partial charge on any atom is -1.00 e. The summed E-state index contributed by atoms with van der Waals surface area (Å²) in [4.78, 5) is 56.1. The number of ether oxygens (including phenoxy) is 2. The molecule has 0 aliphatic carbocycles. The first-order chi connectivity index (χ1) is 29.8. The second-order valence-electron chi connectivity index (χ2n) is 12.9. The molecule has 1 amide bonds. The van der Waals surface area contributed by atoms with Gasteiger partial charge in [0.2, 0.25) is 0 Å². The average Bonchev–Trinajstić information content (AvgIpc) is 3.24. The lowest BCUT2D eigenvalue weighted by atomic mass is 10.1. The Balaban J connectivity index is 0.000000216. The molecule has 4 aromatic heterocycles. The Morgan fingerprint density at radius 2 is 1.29 bits per heavy atom. The molecule has 0 saturated carbocycles. The Morgan fingerprint density at radius 1 is 0.746 bits per heavy atom. The van der Waals surface area contributed by atoms with E-state index in [1.807, 2.05) is 18.7 Å². The molecule has 0 bridgehead atoms. The summed E-state index contributed by atoms with van der Waals surface area (Å²) in [6.45, 7) is 6.36. The molecule has 2 fully saturated rings. The Kier molecular flexibility index (Phi) is 18.4. The molecular weight excluding hydrogens is 851 g/mol. The molecule has 2 aromatic carbocycles. The van der Waals surface area contributed by atoms with Gasteiger partial charge in [0.1, 0.15) is 48.0 Å². The SMILES string of the molecule is CCc1cc(N)ncn1.CCc1cc(NC(=O)c2nccnc2N2CC(Oc3ccc(F)c(F)c3)C2)ncn1.Fc1ccc(OC2CNC2)cc1F.O=C(O)c1nccnc1Cl.[B-]. The van der Waals surface area contributed by atoms with Crippen LogP contribution in [0.25, 0.3) is 0 Å². The topological polar surface area (TPSA) is 229 Å². The van der Waals surface area contributed by atoms with Crippen LogP contribution in [0, 0.1) is 23.3 Å². The number of carboxylic acid groups (broad SMARTS) is 1. The van der Waals surface area contributed by atoms with E-state index in [1.54, 1.807) is 12.1 Å². The molecule has 6 aromatic rings. The zero-order valence-electron chi connectivity index (χ0n) is 33.6. The fourth-order valence-electron chi connectivity index (χ4n) is 5.15. The van der Waals surface area contributed by atoms with Crippen molar-refractivity contribution in [3.63, 3.8) is 0 Å². The Bertz CT molecular complexity index is 2460. The lowest BCUT2D eigenvalue weighted by Gasteiger charge is -2.40. The first-order valence-electron chi connectivity index (χ1n) is 18.7. The number of carboxylic acids is 1. The number of rotatable bonds is 10. The predicted molar refractivity (Wildman–Crippen MR) is 224 cm³/mol. The van der Waals surface area contributed by atoms with Gasteiger partial charge in [-0.1, -0.05) is 25.4 Å². The molecule has 6 heterocycles. The van der Waals surface area contributed by atoms with Gasteiger partial charge in [-0.15, -0.1) is 0 Å². The smallest absolute Gasteiger partial charge is 0.357 e. The van der Waals surface area contributed by atoms with E-state index in [4.69, 9.17) is 31.9 Å². The first kappa shape index (κ1) is 48.6. The highest BCUT2D eigenvalue weighted by Crippen LogP contribution is 2.26. The van der Waals surface area contributed by atoms with Crippen molar-refractivity contribution in [2.75, 3.05) is 42.1 Å². The van der Waals surface area contributed by atoms with Gasteiger partial charge in [0.25, 0.3) is 5.91 Å². The third-order valence-corrected chi connectivity index (χ3v) is 8.74. The summed E-state index contributed by atoms with van der Waals surface area (Å²) in [5.41, 5.74) is 7.11. The number of hydrogen-bond donors (Lipinski definition) is 4. The highest BCUT2D eigenvalue weighted by molar-refractivity contribution is 6.31. The fourth-order valence-corrected chi connectivity index (χ4v) is 5.33. The second kappa shape index (κ2) is 23.8. The number of anilines is 3. The third kappa shape index (κ3) is 14.5. The van der Waals surface area contributed by atoms with Gasteiger partial charge in [-0.2, -0.15) is 0 Å². The van der Waals surface area contributed by atoms with Crippen molar-refractivity contribution in [2.45, 2.75) is 38.9 Å². The second-order valence-corrected chi connectivity index (χ2v) is 13.3. The number of amides is 1. The zero-order chi connectivity index (χ0) is 44.6. The van der Waals surface area contributed by atoms with Crippen molar-refractivity contribution in [1.82, 2.24) is 45.2 Å². The summed E-state index contributed by atoms with van der Waals surface area (Å²) in [5.74, 6) is -3.27. The maximum atomic E-state index is 13.3. The monoisotopic (exact) mass is 889 g/mol. The molecule has 4 radical (unpaired) electrons. The zero-order valence-corrected chi connectivity index (χ0v) is 34.4. The highest BCUT2D eigenvalue weighted by Gasteiger charge is 2.33. The van der Waals surface area contributed by atoms with Crippen LogP contribution in [0.3, 0.4) is 0 Å². The van der Waals surface area contributed by atoms with Crippen molar-refractivity contribution in [1.29, 1.82) is 0 Å². The number of aryl methyl sites for hydroxylation is 2. The number of nitrogens with two attached hydrogens (primary N) is 1. The largest absolute Gasteiger partial charge is 1.00 e. The molecule has 2 aliphatic heterocycles. The van der Waals surface area contributed by atoms with Crippen LogP contribution in [0.15, 0.2) is 86.0 Å².